The van der Waals surface area contributed by atoms with Crippen molar-refractivity contribution < 1.29 is 4.92 Å². The lowest BCUT2D eigenvalue weighted by molar-refractivity contribution is -0.384. The molecule has 6 heteroatoms. The molecule has 0 aliphatic rings. The minimum absolute atomic E-state index is 0.0993. The summed E-state index contributed by atoms with van der Waals surface area (Å²) in [6.07, 6.45) is 1.89. The zero-order valence-electron chi connectivity index (χ0n) is 11.0. The molecular weight excluding hydrogens is 244 g/mol. The van der Waals surface area contributed by atoms with E-state index in [2.05, 4.69) is 10.4 Å². The van der Waals surface area contributed by atoms with E-state index >= 15 is 0 Å². The second-order valence-corrected chi connectivity index (χ2v) is 4.29. The predicted octanol–water partition coefficient (Wildman–Crippen LogP) is 2.58. The quantitative estimate of drug-likeness (QED) is 0.662. The molecule has 0 spiro atoms. The second-order valence-electron chi connectivity index (χ2n) is 4.29. The third-order valence-electron chi connectivity index (χ3n) is 2.74. The molecule has 0 saturated heterocycles. The fourth-order valence-electron chi connectivity index (χ4n) is 1.91. The van der Waals surface area contributed by atoms with Crippen molar-refractivity contribution in [2.45, 2.75) is 20.4 Å². The third-order valence-corrected chi connectivity index (χ3v) is 2.74. The molecule has 100 valence electrons. The van der Waals surface area contributed by atoms with Crippen LogP contribution in [-0.4, -0.2) is 21.2 Å². The summed E-state index contributed by atoms with van der Waals surface area (Å²) < 4.78 is 1.81. The number of anilines is 1. The van der Waals surface area contributed by atoms with Crippen molar-refractivity contribution in [2.24, 2.45) is 0 Å². The zero-order valence-corrected chi connectivity index (χ0v) is 11.0. The molecule has 0 saturated carbocycles. The van der Waals surface area contributed by atoms with E-state index in [4.69, 9.17) is 0 Å². The van der Waals surface area contributed by atoms with Crippen LogP contribution in [0.4, 0.5) is 11.4 Å². The molecule has 0 bridgehead atoms. The molecule has 0 fully saturated rings. The Labute approximate surface area is 111 Å². The molecule has 2 rings (SSSR count). The van der Waals surface area contributed by atoms with Crippen LogP contribution in [0.1, 0.15) is 18.2 Å². The van der Waals surface area contributed by atoms with Gasteiger partial charge in [-0.15, -0.1) is 0 Å². The summed E-state index contributed by atoms with van der Waals surface area (Å²) in [6.45, 7) is 5.08. The van der Waals surface area contributed by atoms with Crippen LogP contribution in [0.5, 0.6) is 0 Å². The van der Waals surface area contributed by atoms with Crippen molar-refractivity contribution in [3.63, 3.8) is 0 Å². The first-order valence-corrected chi connectivity index (χ1v) is 6.11. The van der Waals surface area contributed by atoms with Gasteiger partial charge in [-0.25, -0.2) is 0 Å². The molecule has 6 nitrogen and oxygen atoms in total. The Bertz CT molecular complexity index is 592. The summed E-state index contributed by atoms with van der Waals surface area (Å²) in [5, 5.41) is 18.2. The van der Waals surface area contributed by atoms with Crippen LogP contribution in [-0.2, 0) is 6.54 Å². The Kier molecular flexibility index (Phi) is 3.79. The molecule has 0 unspecified atom stereocenters. The second kappa shape index (κ2) is 5.51. The van der Waals surface area contributed by atoms with Crippen molar-refractivity contribution in [1.82, 2.24) is 9.78 Å². The topological polar surface area (TPSA) is 73.0 Å². The first-order valence-electron chi connectivity index (χ1n) is 6.11. The summed E-state index contributed by atoms with van der Waals surface area (Å²) in [7, 11) is 0. The van der Waals surface area contributed by atoms with Gasteiger partial charge in [0, 0.05) is 18.8 Å². The Morgan fingerprint density at radius 2 is 2.21 bits per heavy atom. The first kappa shape index (κ1) is 13.1. The van der Waals surface area contributed by atoms with E-state index in [1.54, 1.807) is 12.1 Å². The molecular formula is C13H16N4O2. The monoisotopic (exact) mass is 260 g/mol. The molecule has 2 aromatic rings. The molecule has 0 atom stereocenters. The van der Waals surface area contributed by atoms with E-state index in [9.17, 15) is 10.1 Å². The van der Waals surface area contributed by atoms with E-state index in [0.717, 1.165) is 11.3 Å². The maximum absolute atomic E-state index is 10.9. The van der Waals surface area contributed by atoms with Gasteiger partial charge < -0.3 is 5.32 Å². The van der Waals surface area contributed by atoms with Gasteiger partial charge in [0.1, 0.15) is 5.69 Å². The van der Waals surface area contributed by atoms with Crippen LogP contribution in [0.3, 0.4) is 0 Å². The molecule has 19 heavy (non-hydrogen) atoms. The number of rotatable bonds is 5. The zero-order chi connectivity index (χ0) is 13.8. The fourth-order valence-corrected chi connectivity index (χ4v) is 1.91. The molecule has 1 aromatic carbocycles. The molecule has 0 amide bonds. The number of nitrogens with zero attached hydrogens (tertiary/aromatic N) is 3. The summed E-state index contributed by atoms with van der Waals surface area (Å²) in [5.74, 6) is 0. The van der Waals surface area contributed by atoms with Crippen LogP contribution in [0, 0.1) is 17.0 Å². The third kappa shape index (κ3) is 3.09. The highest BCUT2D eigenvalue weighted by molar-refractivity contribution is 5.62. The number of aromatic nitrogens is 2. The van der Waals surface area contributed by atoms with Gasteiger partial charge in [0.05, 0.1) is 17.2 Å². The minimum Gasteiger partial charge on any atom is -0.380 e. The van der Waals surface area contributed by atoms with Gasteiger partial charge in [-0.3, -0.25) is 14.8 Å². The fraction of sp³-hybridized carbons (Fsp3) is 0.308. The van der Waals surface area contributed by atoms with Crippen LogP contribution in [0.15, 0.2) is 30.5 Å². The van der Waals surface area contributed by atoms with Gasteiger partial charge in [-0.05, 0) is 31.5 Å². The van der Waals surface area contributed by atoms with Gasteiger partial charge in [-0.1, -0.05) is 6.07 Å². The highest BCUT2D eigenvalue weighted by Gasteiger charge is 2.13. The van der Waals surface area contributed by atoms with E-state index in [0.29, 0.717) is 18.8 Å². The average molecular weight is 260 g/mol. The van der Waals surface area contributed by atoms with E-state index in [-0.39, 0.29) is 10.6 Å². The molecule has 1 aromatic heterocycles. The van der Waals surface area contributed by atoms with Crippen LogP contribution in [0.2, 0.25) is 0 Å². The number of nitro groups is 1. The Balaban J connectivity index is 2.27. The maximum Gasteiger partial charge on any atom is 0.292 e. The standard InChI is InChI=1S/C13H16N4O2/c1-3-14-12-8-11(4-5-13(12)17(18)19)9-16-7-6-10(2)15-16/h4-8,14H,3,9H2,1-2H3. The van der Waals surface area contributed by atoms with E-state index < -0.39 is 0 Å². The Morgan fingerprint density at radius 1 is 1.42 bits per heavy atom. The molecule has 0 aliphatic carbocycles. The van der Waals surface area contributed by atoms with Gasteiger partial charge in [0.2, 0.25) is 0 Å². The van der Waals surface area contributed by atoms with E-state index in [1.807, 2.05) is 30.8 Å². The summed E-state index contributed by atoms with van der Waals surface area (Å²) >= 11 is 0. The normalized spacial score (nSPS) is 10.4. The van der Waals surface area contributed by atoms with Crippen molar-refractivity contribution >= 4 is 11.4 Å². The Morgan fingerprint density at radius 3 is 2.79 bits per heavy atom. The molecule has 0 aliphatic heterocycles. The minimum atomic E-state index is -0.375. The van der Waals surface area contributed by atoms with Crippen LogP contribution >= 0.6 is 0 Å². The maximum atomic E-state index is 10.9. The number of nitrogens with one attached hydrogen (secondary N) is 1. The SMILES string of the molecule is CCNc1cc(Cn2ccc(C)n2)ccc1[N+](=O)[O-]. The van der Waals surface area contributed by atoms with Crippen LogP contribution in [0.25, 0.3) is 0 Å². The van der Waals surface area contributed by atoms with Gasteiger partial charge in [0.15, 0.2) is 0 Å². The van der Waals surface area contributed by atoms with E-state index in [1.165, 1.54) is 6.07 Å². The molecule has 1 heterocycles. The Hall–Kier alpha value is -2.37. The number of hydrogen-bond donors (Lipinski definition) is 1. The van der Waals surface area contributed by atoms with Gasteiger partial charge in [-0.2, -0.15) is 5.10 Å². The number of nitro benzene ring substituents is 1. The van der Waals surface area contributed by atoms with Gasteiger partial charge in [0.25, 0.3) is 5.69 Å². The summed E-state index contributed by atoms with van der Waals surface area (Å²) in [4.78, 5) is 10.5. The lowest BCUT2D eigenvalue weighted by atomic mass is 10.1. The number of aryl methyl sites for hydroxylation is 1. The average Bonchev–Trinajstić information content (AvgIpc) is 2.75. The van der Waals surface area contributed by atoms with Gasteiger partial charge >= 0.3 is 0 Å². The lowest BCUT2D eigenvalue weighted by Gasteiger charge is -2.07. The van der Waals surface area contributed by atoms with Crippen molar-refractivity contribution in [1.29, 1.82) is 0 Å². The highest BCUT2D eigenvalue weighted by Crippen LogP contribution is 2.25. The van der Waals surface area contributed by atoms with Crippen molar-refractivity contribution in [3.8, 4) is 0 Å². The summed E-state index contributed by atoms with van der Waals surface area (Å²) in [6, 6.07) is 7.02. The largest absolute Gasteiger partial charge is 0.380 e. The van der Waals surface area contributed by atoms with Crippen molar-refractivity contribution in [2.75, 3.05) is 11.9 Å². The summed E-state index contributed by atoms with van der Waals surface area (Å²) in [5.41, 5.74) is 2.58. The highest BCUT2D eigenvalue weighted by atomic mass is 16.6. The van der Waals surface area contributed by atoms with Crippen molar-refractivity contribution in [3.05, 3.63) is 51.8 Å². The first-order chi connectivity index (χ1) is 9.10. The van der Waals surface area contributed by atoms with Crippen LogP contribution < -0.4 is 5.32 Å². The number of benzene rings is 1. The lowest BCUT2D eigenvalue weighted by Crippen LogP contribution is -2.05. The predicted molar refractivity (Wildman–Crippen MR) is 73.3 cm³/mol. The number of hydrogen-bond acceptors (Lipinski definition) is 4. The molecule has 1 N–H and O–H groups in total. The molecule has 0 radical (unpaired) electrons. The smallest absolute Gasteiger partial charge is 0.292 e.